The van der Waals surface area contributed by atoms with Crippen LogP contribution in [0.5, 0.6) is 0 Å². The monoisotopic (exact) mass is 446 g/mol. The number of carbonyl (C=O) groups excluding carboxylic acids is 1. The Morgan fingerprint density at radius 2 is 1.71 bits per heavy atom. The van der Waals surface area contributed by atoms with Crippen LogP contribution in [0, 0.1) is 6.92 Å². The second kappa shape index (κ2) is 7.99. The number of amides is 1. The van der Waals surface area contributed by atoms with E-state index in [1.54, 1.807) is 12.1 Å². The fourth-order valence-corrected chi connectivity index (χ4v) is 4.85. The van der Waals surface area contributed by atoms with E-state index in [2.05, 4.69) is 18.2 Å². The molecule has 31 heavy (non-hydrogen) atoms. The predicted molar refractivity (Wildman–Crippen MR) is 127 cm³/mol. The highest BCUT2D eigenvalue weighted by molar-refractivity contribution is 6.36. The fraction of sp³-hybridized carbons (Fsp3) is 0.154. The van der Waals surface area contributed by atoms with Crippen LogP contribution in [0.3, 0.4) is 0 Å². The summed E-state index contributed by atoms with van der Waals surface area (Å²) in [6, 6.07) is 21.5. The Kier molecular flexibility index (Phi) is 5.17. The molecule has 0 saturated carbocycles. The van der Waals surface area contributed by atoms with Crippen molar-refractivity contribution in [1.82, 2.24) is 9.88 Å². The van der Waals surface area contributed by atoms with Gasteiger partial charge in [-0.1, -0.05) is 65.7 Å². The first-order chi connectivity index (χ1) is 15.0. The van der Waals surface area contributed by atoms with Gasteiger partial charge in [0.2, 0.25) is 0 Å². The maximum absolute atomic E-state index is 13.8. The molecule has 1 amide bonds. The van der Waals surface area contributed by atoms with Gasteiger partial charge in [0.1, 0.15) is 0 Å². The molecule has 0 bridgehead atoms. The minimum atomic E-state index is 0.0249. The number of halogens is 2. The Morgan fingerprint density at radius 1 is 0.968 bits per heavy atom. The highest BCUT2D eigenvalue weighted by Gasteiger charge is 2.26. The normalized spacial score (nSPS) is 13.3. The molecule has 0 radical (unpaired) electrons. The Hall–Kier alpha value is -2.88. The molecule has 5 rings (SSSR count). The number of fused-ring (bicyclic) bond motifs is 2. The number of hydrogen-bond acceptors (Lipinski definition) is 2. The van der Waals surface area contributed by atoms with Crippen molar-refractivity contribution in [2.75, 3.05) is 6.54 Å². The molecule has 1 aromatic heterocycles. The van der Waals surface area contributed by atoms with E-state index in [1.165, 1.54) is 11.1 Å². The average molecular weight is 447 g/mol. The van der Waals surface area contributed by atoms with Gasteiger partial charge in [0.15, 0.2) is 0 Å². The highest BCUT2D eigenvalue weighted by Crippen LogP contribution is 2.35. The van der Waals surface area contributed by atoms with Gasteiger partial charge in [0.25, 0.3) is 5.91 Å². The van der Waals surface area contributed by atoms with E-state index in [0.717, 1.165) is 28.5 Å². The van der Waals surface area contributed by atoms with Crippen molar-refractivity contribution >= 4 is 40.0 Å². The van der Waals surface area contributed by atoms with E-state index in [1.807, 2.05) is 48.2 Å². The minimum Gasteiger partial charge on any atom is -0.334 e. The number of nitrogens with zero attached hydrogens (tertiary/aromatic N) is 2. The molecule has 3 aromatic carbocycles. The van der Waals surface area contributed by atoms with Gasteiger partial charge in [0, 0.05) is 29.1 Å². The third-order valence-electron chi connectivity index (χ3n) is 5.95. The van der Waals surface area contributed by atoms with E-state index in [9.17, 15) is 4.79 Å². The molecule has 5 heteroatoms. The Bertz CT molecular complexity index is 1330. The van der Waals surface area contributed by atoms with Gasteiger partial charge >= 0.3 is 0 Å². The maximum Gasteiger partial charge on any atom is 0.255 e. The zero-order valence-electron chi connectivity index (χ0n) is 17.0. The number of rotatable bonds is 2. The highest BCUT2D eigenvalue weighted by atomic mass is 35.5. The van der Waals surface area contributed by atoms with Crippen LogP contribution >= 0.6 is 23.2 Å². The van der Waals surface area contributed by atoms with Crippen molar-refractivity contribution in [1.29, 1.82) is 0 Å². The van der Waals surface area contributed by atoms with Gasteiger partial charge in [0.05, 0.1) is 21.8 Å². The zero-order chi connectivity index (χ0) is 21.5. The van der Waals surface area contributed by atoms with Gasteiger partial charge in [-0.15, -0.1) is 0 Å². The lowest BCUT2D eigenvalue weighted by Crippen LogP contribution is -2.36. The van der Waals surface area contributed by atoms with Crippen LogP contribution < -0.4 is 0 Å². The van der Waals surface area contributed by atoms with E-state index in [0.29, 0.717) is 34.4 Å². The fourth-order valence-electron chi connectivity index (χ4n) is 4.35. The van der Waals surface area contributed by atoms with Crippen LogP contribution in [0.4, 0.5) is 0 Å². The molecule has 154 valence electrons. The van der Waals surface area contributed by atoms with E-state index >= 15 is 0 Å². The lowest BCUT2D eigenvalue weighted by Gasteiger charge is -2.30. The third kappa shape index (κ3) is 3.58. The van der Waals surface area contributed by atoms with Crippen molar-refractivity contribution in [3.63, 3.8) is 0 Å². The quantitative estimate of drug-likeness (QED) is 0.342. The van der Waals surface area contributed by atoms with Crippen molar-refractivity contribution in [3.8, 4) is 11.3 Å². The summed E-state index contributed by atoms with van der Waals surface area (Å²) >= 11 is 12.6. The lowest BCUT2D eigenvalue weighted by atomic mass is 9.95. The van der Waals surface area contributed by atoms with Gasteiger partial charge in [-0.2, -0.15) is 0 Å². The zero-order valence-corrected chi connectivity index (χ0v) is 18.5. The number of benzene rings is 3. The summed E-state index contributed by atoms with van der Waals surface area (Å²) in [6.45, 7) is 3.26. The first-order valence-corrected chi connectivity index (χ1v) is 11.0. The molecule has 0 atom stereocenters. The molecule has 0 spiro atoms. The molecule has 0 N–H and O–H groups in total. The summed E-state index contributed by atoms with van der Waals surface area (Å²) in [5.74, 6) is 0.0249. The molecule has 1 aliphatic rings. The third-order valence-corrected chi connectivity index (χ3v) is 6.50. The first-order valence-electron chi connectivity index (χ1n) is 10.2. The molecule has 4 aromatic rings. The van der Waals surface area contributed by atoms with E-state index in [4.69, 9.17) is 28.2 Å². The smallest absolute Gasteiger partial charge is 0.255 e. The molecule has 2 heterocycles. The van der Waals surface area contributed by atoms with Crippen LogP contribution in [-0.2, 0) is 13.0 Å². The average Bonchev–Trinajstić information content (AvgIpc) is 2.78. The Balaban J connectivity index is 1.66. The number of hydrogen-bond donors (Lipinski definition) is 0. The van der Waals surface area contributed by atoms with Crippen molar-refractivity contribution in [2.24, 2.45) is 0 Å². The predicted octanol–water partition coefficient (Wildman–Crippen LogP) is 6.72. The second-order valence-corrected chi connectivity index (χ2v) is 8.69. The maximum atomic E-state index is 13.8. The molecule has 0 unspecified atom stereocenters. The van der Waals surface area contributed by atoms with Gasteiger partial charge < -0.3 is 4.90 Å². The van der Waals surface area contributed by atoms with Crippen LogP contribution in [0.15, 0.2) is 66.7 Å². The van der Waals surface area contributed by atoms with Gasteiger partial charge in [-0.05, 0) is 54.3 Å². The topological polar surface area (TPSA) is 33.2 Å². The van der Waals surface area contributed by atoms with Crippen molar-refractivity contribution in [3.05, 3.63) is 99.0 Å². The number of para-hydroxylation sites is 1. The largest absolute Gasteiger partial charge is 0.334 e. The van der Waals surface area contributed by atoms with Crippen LogP contribution in [-0.4, -0.2) is 22.3 Å². The summed E-state index contributed by atoms with van der Waals surface area (Å²) in [5, 5.41) is 1.94. The standard InChI is InChI=1S/C26H20Cl2N2O/c1-16-24(26(31)30-13-12-17-6-2-3-7-18(17)15-30)21-8-4-5-9-23(21)29-25(16)20-11-10-19(27)14-22(20)28/h2-11,14H,12-13,15H2,1H3. The Labute approximate surface area is 191 Å². The van der Waals surface area contributed by atoms with Crippen LogP contribution in [0.2, 0.25) is 10.0 Å². The van der Waals surface area contributed by atoms with Gasteiger partial charge in [-0.25, -0.2) is 4.98 Å². The second-order valence-electron chi connectivity index (χ2n) is 7.85. The van der Waals surface area contributed by atoms with E-state index in [-0.39, 0.29) is 5.91 Å². The van der Waals surface area contributed by atoms with Crippen LogP contribution in [0.25, 0.3) is 22.2 Å². The van der Waals surface area contributed by atoms with Crippen LogP contribution in [0.1, 0.15) is 27.0 Å². The molecule has 1 aliphatic heterocycles. The molecular formula is C26H20Cl2N2O. The van der Waals surface area contributed by atoms with E-state index < -0.39 is 0 Å². The first kappa shape index (κ1) is 20.0. The van der Waals surface area contributed by atoms with Crippen molar-refractivity contribution < 1.29 is 4.79 Å². The number of aromatic nitrogens is 1. The lowest BCUT2D eigenvalue weighted by molar-refractivity contribution is 0.0736. The summed E-state index contributed by atoms with van der Waals surface area (Å²) in [7, 11) is 0. The molecule has 0 saturated heterocycles. The number of carbonyl (C=O) groups is 1. The number of pyridine rings is 1. The summed E-state index contributed by atoms with van der Waals surface area (Å²) in [6.07, 6.45) is 0.861. The summed E-state index contributed by atoms with van der Waals surface area (Å²) < 4.78 is 0. The Morgan fingerprint density at radius 3 is 2.52 bits per heavy atom. The molecule has 3 nitrogen and oxygen atoms in total. The SMILES string of the molecule is Cc1c(-c2ccc(Cl)cc2Cl)nc2ccccc2c1C(=O)N1CCc2ccccc2C1. The molecule has 0 aliphatic carbocycles. The summed E-state index contributed by atoms with van der Waals surface area (Å²) in [5.41, 5.74) is 6.29. The minimum absolute atomic E-state index is 0.0249. The van der Waals surface area contributed by atoms with Crippen molar-refractivity contribution in [2.45, 2.75) is 19.9 Å². The summed E-state index contributed by atoms with van der Waals surface area (Å²) in [4.78, 5) is 20.6. The molecule has 0 fully saturated rings. The molecular weight excluding hydrogens is 427 g/mol. The van der Waals surface area contributed by atoms with Gasteiger partial charge in [-0.3, -0.25) is 4.79 Å².